The van der Waals surface area contributed by atoms with Gasteiger partial charge < -0.3 is 9.47 Å². The summed E-state index contributed by atoms with van der Waals surface area (Å²) >= 11 is 0. The summed E-state index contributed by atoms with van der Waals surface area (Å²) in [5.41, 5.74) is 0. The number of carbonyl (C=O) groups is 1. The highest BCUT2D eigenvalue weighted by atomic mass is 16.6. The minimum absolute atomic E-state index is 0.0459. The molecule has 0 unspecified atom stereocenters. The summed E-state index contributed by atoms with van der Waals surface area (Å²) in [4.78, 5) is 10.6. The predicted octanol–water partition coefficient (Wildman–Crippen LogP) is 1.68. The molecule has 0 aromatic rings. The first-order valence-electron chi connectivity index (χ1n) is 5.15. The SMILES string of the molecule is CCC#CC[C@@H]1C=C[C@@H](COC(C)=O)O1. The van der Waals surface area contributed by atoms with E-state index in [2.05, 4.69) is 11.8 Å². The number of esters is 1. The fourth-order valence-electron chi connectivity index (χ4n) is 1.27. The largest absolute Gasteiger partial charge is 0.463 e. The topological polar surface area (TPSA) is 35.5 Å². The van der Waals surface area contributed by atoms with Crippen LogP contribution in [-0.4, -0.2) is 24.8 Å². The van der Waals surface area contributed by atoms with Gasteiger partial charge in [-0.15, -0.1) is 11.8 Å². The van der Waals surface area contributed by atoms with Crippen LogP contribution < -0.4 is 0 Å². The van der Waals surface area contributed by atoms with Gasteiger partial charge in [0, 0.05) is 19.8 Å². The molecule has 0 fully saturated rings. The average Bonchev–Trinajstić information content (AvgIpc) is 2.63. The zero-order chi connectivity index (χ0) is 11.1. The van der Waals surface area contributed by atoms with Crippen molar-refractivity contribution in [2.75, 3.05) is 6.61 Å². The Bertz CT molecular complexity index is 296. The molecule has 3 nitrogen and oxygen atoms in total. The zero-order valence-corrected chi connectivity index (χ0v) is 9.16. The molecule has 0 saturated carbocycles. The fourth-order valence-corrected chi connectivity index (χ4v) is 1.27. The monoisotopic (exact) mass is 208 g/mol. The third-order valence-corrected chi connectivity index (χ3v) is 1.95. The first kappa shape index (κ1) is 11.8. The Balaban J connectivity index is 2.22. The fraction of sp³-hybridized carbons (Fsp3) is 0.583. The zero-order valence-electron chi connectivity index (χ0n) is 9.16. The Morgan fingerprint density at radius 1 is 1.40 bits per heavy atom. The smallest absolute Gasteiger partial charge is 0.302 e. The summed E-state index contributed by atoms with van der Waals surface area (Å²) in [6, 6.07) is 0. The van der Waals surface area contributed by atoms with E-state index in [-0.39, 0.29) is 18.2 Å². The molecule has 15 heavy (non-hydrogen) atoms. The molecule has 0 spiro atoms. The first-order chi connectivity index (χ1) is 7.22. The predicted molar refractivity (Wildman–Crippen MR) is 57.1 cm³/mol. The highest BCUT2D eigenvalue weighted by Gasteiger charge is 2.18. The Labute approximate surface area is 90.4 Å². The van der Waals surface area contributed by atoms with Crippen LogP contribution in [0.5, 0.6) is 0 Å². The molecule has 3 heteroatoms. The minimum Gasteiger partial charge on any atom is -0.463 e. The third kappa shape index (κ3) is 4.66. The van der Waals surface area contributed by atoms with Crippen LogP contribution in [0, 0.1) is 11.8 Å². The number of ether oxygens (including phenoxy) is 2. The number of carbonyl (C=O) groups excluding carboxylic acids is 1. The molecule has 1 rings (SSSR count). The van der Waals surface area contributed by atoms with Gasteiger partial charge in [-0.2, -0.15) is 0 Å². The molecule has 0 radical (unpaired) electrons. The van der Waals surface area contributed by atoms with Crippen LogP contribution in [0.1, 0.15) is 26.7 Å². The average molecular weight is 208 g/mol. The molecule has 1 heterocycles. The summed E-state index contributed by atoms with van der Waals surface area (Å²) in [5, 5.41) is 0. The normalized spacial score (nSPS) is 23.3. The van der Waals surface area contributed by atoms with Crippen LogP contribution in [-0.2, 0) is 14.3 Å². The molecular formula is C12H16O3. The molecule has 0 saturated heterocycles. The van der Waals surface area contributed by atoms with Gasteiger partial charge in [0.15, 0.2) is 0 Å². The third-order valence-electron chi connectivity index (χ3n) is 1.95. The Hall–Kier alpha value is -1.27. The highest BCUT2D eigenvalue weighted by molar-refractivity contribution is 5.65. The molecule has 0 N–H and O–H groups in total. The first-order valence-corrected chi connectivity index (χ1v) is 5.15. The maximum atomic E-state index is 10.6. The Kier molecular flexibility index (Phi) is 4.92. The van der Waals surface area contributed by atoms with E-state index >= 15 is 0 Å². The lowest BCUT2D eigenvalue weighted by Gasteiger charge is -2.11. The second-order valence-corrected chi connectivity index (χ2v) is 3.31. The highest BCUT2D eigenvalue weighted by Crippen LogP contribution is 2.14. The number of hydrogen-bond acceptors (Lipinski definition) is 3. The number of hydrogen-bond donors (Lipinski definition) is 0. The van der Waals surface area contributed by atoms with E-state index in [0.717, 1.165) is 6.42 Å². The molecule has 0 aromatic heterocycles. The van der Waals surface area contributed by atoms with E-state index in [1.54, 1.807) is 0 Å². The molecule has 82 valence electrons. The summed E-state index contributed by atoms with van der Waals surface area (Å²) < 4.78 is 10.4. The van der Waals surface area contributed by atoms with Crippen molar-refractivity contribution in [2.45, 2.75) is 38.9 Å². The molecule has 0 aromatic carbocycles. The maximum Gasteiger partial charge on any atom is 0.302 e. The van der Waals surface area contributed by atoms with Crippen LogP contribution in [0.4, 0.5) is 0 Å². The minimum atomic E-state index is -0.277. The van der Waals surface area contributed by atoms with Crippen molar-refractivity contribution in [1.82, 2.24) is 0 Å². The van der Waals surface area contributed by atoms with E-state index in [9.17, 15) is 4.79 Å². The number of rotatable bonds is 3. The van der Waals surface area contributed by atoms with Crippen molar-refractivity contribution < 1.29 is 14.3 Å². The van der Waals surface area contributed by atoms with Crippen LogP contribution >= 0.6 is 0 Å². The Morgan fingerprint density at radius 3 is 2.80 bits per heavy atom. The van der Waals surface area contributed by atoms with Gasteiger partial charge in [-0.25, -0.2) is 0 Å². The van der Waals surface area contributed by atoms with E-state index in [4.69, 9.17) is 9.47 Å². The van der Waals surface area contributed by atoms with Gasteiger partial charge in [0.1, 0.15) is 12.7 Å². The van der Waals surface area contributed by atoms with E-state index in [1.807, 2.05) is 19.1 Å². The molecule has 1 aliphatic heterocycles. The van der Waals surface area contributed by atoms with Crippen molar-refractivity contribution in [2.24, 2.45) is 0 Å². The van der Waals surface area contributed by atoms with E-state index in [0.29, 0.717) is 13.0 Å². The lowest BCUT2D eigenvalue weighted by molar-refractivity contribution is -0.144. The van der Waals surface area contributed by atoms with Crippen LogP contribution in [0.3, 0.4) is 0 Å². The van der Waals surface area contributed by atoms with Gasteiger partial charge in [-0.3, -0.25) is 4.79 Å². The molecule has 0 aliphatic carbocycles. The quantitative estimate of drug-likeness (QED) is 0.402. The molecule has 2 atom stereocenters. The van der Waals surface area contributed by atoms with Crippen LogP contribution in [0.2, 0.25) is 0 Å². The lowest BCUT2D eigenvalue weighted by Crippen LogP contribution is -2.19. The van der Waals surface area contributed by atoms with Gasteiger partial charge in [0.2, 0.25) is 0 Å². The van der Waals surface area contributed by atoms with Crippen molar-refractivity contribution in [3.8, 4) is 11.8 Å². The molecule has 0 bridgehead atoms. The van der Waals surface area contributed by atoms with Gasteiger partial charge in [-0.1, -0.05) is 19.1 Å². The van der Waals surface area contributed by atoms with Crippen molar-refractivity contribution in [3.05, 3.63) is 12.2 Å². The van der Waals surface area contributed by atoms with Gasteiger partial charge in [-0.05, 0) is 0 Å². The van der Waals surface area contributed by atoms with Crippen molar-refractivity contribution in [1.29, 1.82) is 0 Å². The lowest BCUT2D eigenvalue weighted by atomic mass is 10.2. The Morgan fingerprint density at radius 2 is 2.13 bits per heavy atom. The van der Waals surface area contributed by atoms with E-state index < -0.39 is 0 Å². The molecular weight excluding hydrogens is 192 g/mol. The van der Waals surface area contributed by atoms with Gasteiger partial charge in [0.05, 0.1) is 6.10 Å². The second kappa shape index (κ2) is 6.26. The van der Waals surface area contributed by atoms with Gasteiger partial charge in [0.25, 0.3) is 0 Å². The van der Waals surface area contributed by atoms with Gasteiger partial charge >= 0.3 is 5.97 Å². The standard InChI is InChI=1S/C12H16O3/c1-3-4-5-6-11-7-8-12(15-11)9-14-10(2)13/h7-8,11-12H,3,6,9H2,1-2H3/t11-,12+/m1/s1. The summed E-state index contributed by atoms with van der Waals surface area (Å²) in [5.74, 6) is 5.74. The summed E-state index contributed by atoms with van der Waals surface area (Å²) in [7, 11) is 0. The second-order valence-electron chi connectivity index (χ2n) is 3.31. The summed E-state index contributed by atoms with van der Waals surface area (Å²) in [6.45, 7) is 3.70. The maximum absolute atomic E-state index is 10.6. The molecule has 1 aliphatic rings. The van der Waals surface area contributed by atoms with E-state index in [1.165, 1.54) is 6.92 Å². The van der Waals surface area contributed by atoms with Crippen LogP contribution in [0.15, 0.2) is 12.2 Å². The molecule has 0 amide bonds. The van der Waals surface area contributed by atoms with Crippen molar-refractivity contribution in [3.63, 3.8) is 0 Å². The summed E-state index contributed by atoms with van der Waals surface area (Å²) in [6.07, 6.45) is 5.40. The van der Waals surface area contributed by atoms with Crippen LogP contribution in [0.25, 0.3) is 0 Å². The van der Waals surface area contributed by atoms with Crippen molar-refractivity contribution >= 4 is 5.97 Å².